The second-order valence-electron chi connectivity index (χ2n) is 8.60. The Morgan fingerprint density at radius 3 is 2.51 bits per heavy atom. The molecular weight excluding hydrogens is 446 g/mol. The van der Waals surface area contributed by atoms with E-state index < -0.39 is 5.97 Å². The molecule has 4 rings (SSSR count). The molecule has 2 heterocycles. The number of hydrogen-bond acceptors (Lipinski definition) is 6. The van der Waals surface area contributed by atoms with Gasteiger partial charge in [-0.2, -0.15) is 0 Å². The summed E-state index contributed by atoms with van der Waals surface area (Å²) in [6.07, 6.45) is 0.210. The van der Waals surface area contributed by atoms with Crippen LogP contribution in [0.15, 0.2) is 42.5 Å². The number of aromatic nitrogens is 2. The minimum absolute atomic E-state index is 0.100. The van der Waals surface area contributed by atoms with Gasteiger partial charge in [-0.15, -0.1) is 0 Å². The highest BCUT2D eigenvalue weighted by molar-refractivity contribution is 5.93. The van der Waals surface area contributed by atoms with Crippen LogP contribution in [0.2, 0.25) is 0 Å². The summed E-state index contributed by atoms with van der Waals surface area (Å²) in [6, 6.07) is 13.1. The van der Waals surface area contributed by atoms with Gasteiger partial charge in [0.15, 0.2) is 0 Å². The molecule has 2 N–H and O–H groups in total. The molecule has 1 aliphatic rings. The average molecular weight is 480 g/mol. The first-order valence-electron chi connectivity index (χ1n) is 12.1. The fourth-order valence-corrected chi connectivity index (χ4v) is 4.59. The minimum atomic E-state index is -1.01. The number of piperazine rings is 1. The molecule has 1 amide bonds. The quantitative estimate of drug-likeness (QED) is 0.487. The number of carbonyl (C=O) groups is 2. The number of nitrogens with zero attached hydrogens (tertiary/aromatic N) is 4. The van der Waals surface area contributed by atoms with E-state index in [1.807, 2.05) is 30.5 Å². The summed E-state index contributed by atoms with van der Waals surface area (Å²) in [5.74, 6) is -0.564. The van der Waals surface area contributed by atoms with Crippen LogP contribution in [-0.4, -0.2) is 77.0 Å². The van der Waals surface area contributed by atoms with E-state index in [0.29, 0.717) is 24.5 Å². The van der Waals surface area contributed by atoms with Gasteiger partial charge in [0.2, 0.25) is 5.91 Å². The van der Waals surface area contributed by atoms with Crippen molar-refractivity contribution in [1.82, 2.24) is 19.8 Å². The third-order valence-corrected chi connectivity index (χ3v) is 6.35. The molecule has 0 aliphatic carbocycles. The van der Waals surface area contributed by atoms with E-state index in [-0.39, 0.29) is 24.1 Å². The van der Waals surface area contributed by atoms with Gasteiger partial charge in [0.1, 0.15) is 12.1 Å². The second kappa shape index (κ2) is 10.9. The summed E-state index contributed by atoms with van der Waals surface area (Å²) in [6.45, 7) is 10.8. The number of rotatable bonds is 9. The summed E-state index contributed by atoms with van der Waals surface area (Å²) in [4.78, 5) is 33.2. The number of likely N-dealkylation sites (N-methyl/N-ethyl adjacent to an activating group) is 1. The van der Waals surface area contributed by atoms with Gasteiger partial charge in [-0.05, 0) is 57.2 Å². The Morgan fingerprint density at radius 1 is 1.09 bits per heavy atom. The molecule has 0 saturated carbocycles. The largest absolute Gasteiger partial charge is 0.478 e. The van der Waals surface area contributed by atoms with E-state index in [2.05, 4.69) is 39.2 Å². The topological polar surface area (TPSA) is 99.9 Å². The van der Waals surface area contributed by atoms with E-state index in [9.17, 15) is 14.7 Å². The summed E-state index contributed by atoms with van der Waals surface area (Å²) in [7, 11) is 0. The molecule has 1 fully saturated rings. The maximum absolute atomic E-state index is 12.4. The highest BCUT2D eigenvalue weighted by atomic mass is 16.5. The smallest absolute Gasteiger partial charge is 0.335 e. The number of carbonyl (C=O) groups excluding carboxylic acids is 1. The van der Waals surface area contributed by atoms with Crippen molar-refractivity contribution in [2.45, 2.75) is 33.4 Å². The van der Waals surface area contributed by atoms with Gasteiger partial charge in [0.05, 0.1) is 23.0 Å². The molecular formula is C26H33N5O4. The van der Waals surface area contributed by atoms with Crippen LogP contribution in [0.3, 0.4) is 0 Å². The first-order chi connectivity index (χ1) is 16.9. The van der Waals surface area contributed by atoms with Crippen molar-refractivity contribution in [2.24, 2.45) is 0 Å². The van der Waals surface area contributed by atoms with E-state index >= 15 is 0 Å². The predicted molar refractivity (Wildman–Crippen MR) is 135 cm³/mol. The molecule has 1 aliphatic heterocycles. The summed E-state index contributed by atoms with van der Waals surface area (Å²) < 4.78 is 7.70. The van der Waals surface area contributed by atoms with Gasteiger partial charge in [-0.25, -0.2) is 9.78 Å². The first kappa shape index (κ1) is 24.7. The maximum Gasteiger partial charge on any atom is 0.335 e. The van der Waals surface area contributed by atoms with Gasteiger partial charge in [-0.1, -0.05) is 6.07 Å². The zero-order valence-corrected chi connectivity index (χ0v) is 20.5. The Morgan fingerprint density at radius 2 is 1.83 bits per heavy atom. The number of ether oxygens (including phenoxy) is 1. The lowest BCUT2D eigenvalue weighted by atomic mass is 10.2. The number of fused-ring (bicyclic) bond motifs is 1. The molecule has 2 aromatic carbocycles. The molecule has 9 nitrogen and oxygen atoms in total. The molecule has 0 radical (unpaired) electrons. The zero-order valence-electron chi connectivity index (χ0n) is 20.5. The van der Waals surface area contributed by atoms with Crippen LogP contribution in [0.5, 0.6) is 0 Å². The van der Waals surface area contributed by atoms with E-state index in [0.717, 1.165) is 43.1 Å². The Balaban J connectivity index is 1.66. The molecule has 1 unspecified atom stereocenters. The lowest BCUT2D eigenvalue weighted by molar-refractivity contribution is -0.120. The van der Waals surface area contributed by atoms with Crippen molar-refractivity contribution >= 4 is 28.6 Å². The van der Waals surface area contributed by atoms with Gasteiger partial charge in [0, 0.05) is 50.7 Å². The van der Waals surface area contributed by atoms with Crippen molar-refractivity contribution in [2.75, 3.05) is 44.2 Å². The van der Waals surface area contributed by atoms with Crippen molar-refractivity contribution in [3.05, 3.63) is 53.9 Å². The summed E-state index contributed by atoms with van der Waals surface area (Å²) in [5, 5.41) is 12.2. The molecule has 35 heavy (non-hydrogen) atoms. The minimum Gasteiger partial charge on any atom is -0.478 e. The fourth-order valence-electron chi connectivity index (χ4n) is 4.59. The third-order valence-electron chi connectivity index (χ3n) is 6.35. The lowest BCUT2D eigenvalue weighted by Crippen LogP contribution is -2.50. The number of aromatic carboxylic acids is 1. The number of hydrogen-bond donors (Lipinski definition) is 2. The molecule has 1 aromatic heterocycles. The highest BCUT2D eigenvalue weighted by Crippen LogP contribution is 2.27. The van der Waals surface area contributed by atoms with Crippen molar-refractivity contribution < 1.29 is 19.4 Å². The number of carboxylic acid groups (broad SMARTS) is 1. The van der Waals surface area contributed by atoms with Crippen LogP contribution >= 0.6 is 0 Å². The number of nitrogens with one attached hydrogen (secondary N) is 1. The standard InChI is InChI=1S/C26H33N5O4/c1-4-27-25(32)17-24-28-22-15-19(26(33)34)9-10-23(22)31(24)21-8-6-7-20(16-21)30-13-11-29(12-14-30)18(3)35-5-2/h6-10,15-16,18H,4-5,11-14,17H2,1-3H3,(H,27,32)(H,33,34). The summed E-state index contributed by atoms with van der Waals surface area (Å²) in [5.41, 5.74) is 3.46. The van der Waals surface area contributed by atoms with Crippen LogP contribution in [0.4, 0.5) is 5.69 Å². The Labute approximate surface area is 205 Å². The molecule has 0 bridgehead atoms. The predicted octanol–water partition coefficient (Wildman–Crippen LogP) is 2.91. The van der Waals surface area contributed by atoms with Gasteiger partial charge in [0.25, 0.3) is 0 Å². The van der Waals surface area contributed by atoms with Crippen molar-refractivity contribution in [1.29, 1.82) is 0 Å². The maximum atomic E-state index is 12.4. The van der Waals surface area contributed by atoms with Crippen LogP contribution in [0, 0.1) is 0 Å². The van der Waals surface area contributed by atoms with E-state index in [4.69, 9.17) is 4.74 Å². The highest BCUT2D eigenvalue weighted by Gasteiger charge is 2.22. The van der Waals surface area contributed by atoms with Gasteiger partial charge >= 0.3 is 5.97 Å². The molecule has 0 spiro atoms. The number of anilines is 1. The third kappa shape index (κ3) is 5.47. The lowest BCUT2D eigenvalue weighted by Gasteiger charge is -2.38. The Kier molecular flexibility index (Phi) is 7.67. The molecule has 3 aromatic rings. The molecule has 9 heteroatoms. The monoisotopic (exact) mass is 479 g/mol. The number of imidazole rings is 1. The SMILES string of the molecule is CCNC(=O)Cc1nc2cc(C(=O)O)ccc2n1-c1cccc(N2CCN(C(C)OCC)CC2)c1. The van der Waals surface area contributed by atoms with Crippen molar-refractivity contribution in [3.8, 4) is 5.69 Å². The fraction of sp³-hybridized carbons (Fsp3) is 0.423. The van der Waals surface area contributed by atoms with Crippen LogP contribution in [0.25, 0.3) is 16.7 Å². The normalized spacial score (nSPS) is 15.3. The molecule has 1 saturated heterocycles. The van der Waals surface area contributed by atoms with E-state index in [1.54, 1.807) is 18.2 Å². The van der Waals surface area contributed by atoms with Gasteiger partial charge < -0.3 is 20.1 Å². The zero-order chi connectivity index (χ0) is 24.9. The first-order valence-corrected chi connectivity index (χ1v) is 12.1. The van der Waals surface area contributed by atoms with Gasteiger partial charge in [-0.3, -0.25) is 14.3 Å². The van der Waals surface area contributed by atoms with Crippen LogP contribution in [0.1, 0.15) is 37.0 Å². The number of amides is 1. The number of benzene rings is 2. The molecule has 186 valence electrons. The number of carboxylic acids is 1. The van der Waals surface area contributed by atoms with Crippen LogP contribution < -0.4 is 10.2 Å². The molecule has 1 atom stereocenters. The summed E-state index contributed by atoms with van der Waals surface area (Å²) >= 11 is 0. The second-order valence-corrected chi connectivity index (χ2v) is 8.60. The van der Waals surface area contributed by atoms with Crippen molar-refractivity contribution in [3.63, 3.8) is 0 Å². The Bertz CT molecular complexity index is 1200. The van der Waals surface area contributed by atoms with Crippen LogP contribution in [-0.2, 0) is 16.0 Å². The Hall–Kier alpha value is -3.43. The van der Waals surface area contributed by atoms with E-state index in [1.165, 1.54) is 0 Å². The average Bonchev–Trinajstić information content (AvgIpc) is 3.21.